The van der Waals surface area contributed by atoms with E-state index in [0.29, 0.717) is 5.69 Å². The Morgan fingerprint density at radius 3 is 2.56 bits per heavy atom. The van der Waals surface area contributed by atoms with Gasteiger partial charge in [0.05, 0.1) is 22.2 Å². The zero-order valence-corrected chi connectivity index (χ0v) is 14.7. The van der Waals surface area contributed by atoms with E-state index < -0.39 is 10.5 Å². The number of nitro benzene ring substituents is 1. The SMILES string of the molecule is CN(C)c1ccc(NC(=O)Cn2cnc3cc([N+](=O)[O-])ccc3c2=O)cc1. The first-order valence-corrected chi connectivity index (χ1v) is 8.06. The number of nitro groups is 1. The maximum Gasteiger partial charge on any atom is 0.271 e. The second-order valence-corrected chi connectivity index (χ2v) is 6.13. The van der Waals surface area contributed by atoms with E-state index >= 15 is 0 Å². The predicted octanol–water partition coefficient (Wildman–Crippen LogP) is 2.01. The van der Waals surface area contributed by atoms with E-state index in [9.17, 15) is 19.7 Å². The number of benzene rings is 2. The van der Waals surface area contributed by atoms with Crippen LogP contribution in [0.15, 0.2) is 53.6 Å². The van der Waals surface area contributed by atoms with Gasteiger partial charge in [0.15, 0.2) is 0 Å². The van der Waals surface area contributed by atoms with Crippen molar-refractivity contribution in [3.63, 3.8) is 0 Å². The van der Waals surface area contributed by atoms with Gasteiger partial charge in [-0.15, -0.1) is 0 Å². The van der Waals surface area contributed by atoms with Crippen molar-refractivity contribution in [3.8, 4) is 0 Å². The molecule has 138 valence electrons. The Kier molecular flexibility index (Phi) is 4.84. The molecule has 1 heterocycles. The van der Waals surface area contributed by atoms with Crippen molar-refractivity contribution >= 4 is 33.9 Å². The Morgan fingerprint density at radius 2 is 1.93 bits per heavy atom. The number of aromatic nitrogens is 2. The number of nitrogens with one attached hydrogen (secondary N) is 1. The number of rotatable bonds is 5. The molecular weight excluding hydrogens is 350 g/mol. The minimum Gasteiger partial charge on any atom is -0.378 e. The number of fused-ring (bicyclic) bond motifs is 1. The third-order valence-corrected chi connectivity index (χ3v) is 4.00. The predicted molar refractivity (Wildman–Crippen MR) is 102 cm³/mol. The van der Waals surface area contributed by atoms with Crippen molar-refractivity contribution in [1.82, 2.24) is 9.55 Å². The fourth-order valence-electron chi connectivity index (χ4n) is 2.57. The topological polar surface area (TPSA) is 110 Å². The average molecular weight is 367 g/mol. The van der Waals surface area contributed by atoms with E-state index in [2.05, 4.69) is 10.3 Å². The number of hydrogen-bond donors (Lipinski definition) is 1. The highest BCUT2D eigenvalue weighted by Gasteiger charge is 2.12. The van der Waals surface area contributed by atoms with Crippen LogP contribution in [0.1, 0.15) is 0 Å². The number of nitrogens with zero attached hydrogens (tertiary/aromatic N) is 4. The minimum atomic E-state index is -0.554. The molecule has 0 saturated heterocycles. The molecule has 0 spiro atoms. The van der Waals surface area contributed by atoms with Gasteiger partial charge in [0.2, 0.25) is 5.91 Å². The second kappa shape index (κ2) is 7.24. The lowest BCUT2D eigenvalue weighted by atomic mass is 10.2. The van der Waals surface area contributed by atoms with Crippen LogP contribution in [-0.4, -0.2) is 34.5 Å². The van der Waals surface area contributed by atoms with Crippen molar-refractivity contribution in [2.45, 2.75) is 6.54 Å². The summed E-state index contributed by atoms with van der Waals surface area (Å²) in [5, 5.41) is 13.7. The van der Waals surface area contributed by atoms with E-state index in [1.54, 1.807) is 12.1 Å². The number of non-ortho nitro benzene ring substituents is 1. The van der Waals surface area contributed by atoms with Gasteiger partial charge in [0.25, 0.3) is 11.2 Å². The highest BCUT2D eigenvalue weighted by molar-refractivity contribution is 5.91. The number of anilines is 2. The average Bonchev–Trinajstić information content (AvgIpc) is 2.64. The van der Waals surface area contributed by atoms with E-state index in [-0.39, 0.29) is 29.0 Å². The van der Waals surface area contributed by atoms with Gasteiger partial charge in [-0.25, -0.2) is 4.98 Å². The van der Waals surface area contributed by atoms with Crippen LogP contribution in [0, 0.1) is 10.1 Å². The van der Waals surface area contributed by atoms with E-state index in [4.69, 9.17) is 0 Å². The maximum absolute atomic E-state index is 12.5. The van der Waals surface area contributed by atoms with Crippen molar-refractivity contribution in [2.24, 2.45) is 0 Å². The Bertz CT molecular complexity index is 1070. The largest absolute Gasteiger partial charge is 0.378 e. The number of carbonyl (C=O) groups excluding carboxylic acids is 1. The highest BCUT2D eigenvalue weighted by atomic mass is 16.6. The molecule has 3 rings (SSSR count). The molecule has 0 unspecified atom stereocenters. The van der Waals surface area contributed by atoms with Gasteiger partial charge in [-0.3, -0.25) is 24.3 Å². The molecule has 2 aromatic carbocycles. The fraction of sp³-hybridized carbons (Fsp3) is 0.167. The van der Waals surface area contributed by atoms with Crippen LogP contribution in [0.25, 0.3) is 10.9 Å². The summed E-state index contributed by atoms with van der Waals surface area (Å²) in [5.41, 5.74) is 1.24. The van der Waals surface area contributed by atoms with E-state index in [1.165, 1.54) is 24.5 Å². The third kappa shape index (κ3) is 3.92. The molecule has 27 heavy (non-hydrogen) atoms. The monoisotopic (exact) mass is 367 g/mol. The molecular formula is C18H17N5O4. The van der Waals surface area contributed by atoms with Crippen molar-refractivity contribution in [2.75, 3.05) is 24.3 Å². The number of hydrogen-bond acceptors (Lipinski definition) is 6. The van der Waals surface area contributed by atoms with Crippen LogP contribution >= 0.6 is 0 Å². The molecule has 3 aromatic rings. The minimum absolute atomic E-state index is 0.147. The summed E-state index contributed by atoms with van der Waals surface area (Å²) in [6.45, 7) is -0.214. The lowest BCUT2D eigenvalue weighted by molar-refractivity contribution is -0.384. The van der Waals surface area contributed by atoms with E-state index in [0.717, 1.165) is 10.3 Å². The van der Waals surface area contributed by atoms with Gasteiger partial charge in [0, 0.05) is 37.6 Å². The first-order valence-electron chi connectivity index (χ1n) is 8.06. The van der Waals surface area contributed by atoms with Crippen LogP contribution in [0.3, 0.4) is 0 Å². The zero-order chi connectivity index (χ0) is 19.6. The second-order valence-electron chi connectivity index (χ2n) is 6.13. The third-order valence-electron chi connectivity index (χ3n) is 4.00. The molecule has 9 nitrogen and oxygen atoms in total. The highest BCUT2D eigenvalue weighted by Crippen LogP contribution is 2.17. The van der Waals surface area contributed by atoms with Crippen molar-refractivity contribution in [1.29, 1.82) is 0 Å². The first kappa shape index (κ1) is 18.1. The van der Waals surface area contributed by atoms with Crippen LogP contribution in [-0.2, 0) is 11.3 Å². The smallest absolute Gasteiger partial charge is 0.271 e. The van der Waals surface area contributed by atoms with Gasteiger partial charge in [-0.05, 0) is 30.3 Å². The molecule has 9 heteroatoms. The molecule has 0 atom stereocenters. The summed E-state index contributed by atoms with van der Waals surface area (Å²) in [7, 11) is 3.84. The van der Waals surface area contributed by atoms with Gasteiger partial charge in [0.1, 0.15) is 6.54 Å². The Morgan fingerprint density at radius 1 is 1.22 bits per heavy atom. The van der Waals surface area contributed by atoms with Crippen LogP contribution in [0.4, 0.5) is 17.1 Å². The standard InChI is InChI=1S/C18H17N5O4/c1-21(2)13-5-3-12(4-6-13)20-17(24)10-22-11-19-16-9-14(23(26)27)7-8-15(16)18(22)25/h3-9,11H,10H2,1-2H3,(H,20,24). The molecule has 0 aliphatic heterocycles. The zero-order valence-electron chi connectivity index (χ0n) is 14.7. The van der Waals surface area contributed by atoms with Gasteiger partial charge in [-0.1, -0.05) is 0 Å². The van der Waals surface area contributed by atoms with Crippen LogP contribution < -0.4 is 15.8 Å². The quantitative estimate of drug-likeness (QED) is 0.545. The lowest BCUT2D eigenvalue weighted by Gasteiger charge is -2.13. The Hall–Kier alpha value is -3.75. The molecule has 0 aliphatic carbocycles. The lowest BCUT2D eigenvalue weighted by Crippen LogP contribution is -2.27. The molecule has 0 saturated carbocycles. The van der Waals surface area contributed by atoms with Gasteiger partial charge < -0.3 is 10.2 Å². The van der Waals surface area contributed by atoms with Gasteiger partial charge in [-0.2, -0.15) is 0 Å². The molecule has 0 aliphatic rings. The normalized spacial score (nSPS) is 10.6. The molecule has 0 fully saturated rings. The Balaban J connectivity index is 1.78. The first-order chi connectivity index (χ1) is 12.8. The number of amides is 1. The summed E-state index contributed by atoms with van der Waals surface area (Å²) < 4.78 is 1.16. The molecule has 1 amide bonds. The summed E-state index contributed by atoms with van der Waals surface area (Å²) >= 11 is 0. The number of carbonyl (C=O) groups is 1. The molecule has 0 bridgehead atoms. The van der Waals surface area contributed by atoms with E-state index in [1.807, 2.05) is 31.1 Å². The Labute approximate surface area is 154 Å². The van der Waals surface area contributed by atoms with Crippen molar-refractivity contribution < 1.29 is 9.72 Å². The van der Waals surface area contributed by atoms with Crippen LogP contribution in [0.5, 0.6) is 0 Å². The molecule has 1 aromatic heterocycles. The fourth-order valence-corrected chi connectivity index (χ4v) is 2.57. The molecule has 1 N–H and O–H groups in total. The van der Waals surface area contributed by atoms with Crippen LogP contribution in [0.2, 0.25) is 0 Å². The summed E-state index contributed by atoms with van der Waals surface area (Å²) in [6, 6.07) is 11.1. The van der Waals surface area contributed by atoms with Gasteiger partial charge >= 0.3 is 0 Å². The summed E-state index contributed by atoms with van der Waals surface area (Å²) in [4.78, 5) is 41.0. The molecule has 0 radical (unpaired) electrons. The summed E-state index contributed by atoms with van der Waals surface area (Å²) in [6.07, 6.45) is 1.21. The maximum atomic E-state index is 12.5. The summed E-state index contributed by atoms with van der Waals surface area (Å²) in [5.74, 6) is -0.377. The van der Waals surface area contributed by atoms with Crippen molar-refractivity contribution in [3.05, 3.63) is 69.3 Å².